The third-order valence-corrected chi connectivity index (χ3v) is 3.31. The monoisotopic (exact) mass is 279 g/mol. The van der Waals surface area contributed by atoms with E-state index in [2.05, 4.69) is 6.92 Å². The first-order valence-electron chi connectivity index (χ1n) is 7.06. The molecule has 1 amide bonds. The zero-order chi connectivity index (χ0) is 15.0. The topological polar surface area (TPSA) is 38.8 Å². The molecule has 20 heavy (non-hydrogen) atoms. The van der Waals surface area contributed by atoms with Crippen LogP contribution in [0.3, 0.4) is 0 Å². The van der Waals surface area contributed by atoms with E-state index in [0.29, 0.717) is 12.8 Å². The van der Waals surface area contributed by atoms with Crippen molar-refractivity contribution in [1.82, 2.24) is 4.90 Å². The Bertz CT molecular complexity index is 409. The van der Waals surface area contributed by atoms with Gasteiger partial charge < -0.3 is 14.4 Å². The largest absolute Gasteiger partial charge is 0.497 e. The Morgan fingerprint density at radius 1 is 1.15 bits per heavy atom. The Morgan fingerprint density at radius 3 is 2.25 bits per heavy atom. The van der Waals surface area contributed by atoms with E-state index in [9.17, 15) is 4.79 Å². The number of carbonyl (C=O) groups is 1. The van der Waals surface area contributed by atoms with Gasteiger partial charge in [0.2, 0.25) is 5.91 Å². The molecule has 0 unspecified atom stereocenters. The SMILES string of the molecule is CCCCN(C)C(=O)CCc1cc(OC)cc(OC)c1. The van der Waals surface area contributed by atoms with Gasteiger partial charge in [-0.25, -0.2) is 0 Å². The number of nitrogens with zero attached hydrogens (tertiary/aromatic N) is 1. The minimum absolute atomic E-state index is 0.181. The summed E-state index contributed by atoms with van der Waals surface area (Å²) in [6.45, 7) is 2.96. The van der Waals surface area contributed by atoms with Gasteiger partial charge in [-0.1, -0.05) is 13.3 Å². The van der Waals surface area contributed by atoms with Crippen molar-refractivity contribution in [3.8, 4) is 11.5 Å². The second kappa shape index (κ2) is 8.46. The number of amides is 1. The fourth-order valence-corrected chi connectivity index (χ4v) is 1.97. The lowest BCUT2D eigenvalue weighted by atomic mass is 10.1. The normalized spacial score (nSPS) is 10.2. The number of methoxy groups -OCH3 is 2. The maximum atomic E-state index is 12.0. The van der Waals surface area contributed by atoms with Crippen LogP contribution in [0.5, 0.6) is 11.5 Å². The molecule has 0 bridgehead atoms. The van der Waals surface area contributed by atoms with Gasteiger partial charge in [-0.05, 0) is 30.5 Å². The predicted molar refractivity (Wildman–Crippen MR) is 80.4 cm³/mol. The number of carbonyl (C=O) groups excluding carboxylic acids is 1. The van der Waals surface area contributed by atoms with Gasteiger partial charge in [-0.2, -0.15) is 0 Å². The molecule has 4 nitrogen and oxygen atoms in total. The summed E-state index contributed by atoms with van der Waals surface area (Å²) in [4.78, 5) is 13.8. The van der Waals surface area contributed by atoms with E-state index in [-0.39, 0.29) is 5.91 Å². The van der Waals surface area contributed by atoms with Gasteiger partial charge in [0.25, 0.3) is 0 Å². The van der Waals surface area contributed by atoms with Crippen LogP contribution in [0.2, 0.25) is 0 Å². The molecule has 0 aliphatic heterocycles. The molecular formula is C16H25NO3. The lowest BCUT2D eigenvalue weighted by Crippen LogP contribution is -2.27. The first-order valence-corrected chi connectivity index (χ1v) is 7.06. The van der Waals surface area contributed by atoms with Crippen LogP contribution in [0.25, 0.3) is 0 Å². The van der Waals surface area contributed by atoms with Crippen LogP contribution in [-0.4, -0.2) is 38.6 Å². The van der Waals surface area contributed by atoms with E-state index in [0.717, 1.165) is 36.4 Å². The molecule has 0 atom stereocenters. The Morgan fingerprint density at radius 2 is 1.75 bits per heavy atom. The highest BCUT2D eigenvalue weighted by Crippen LogP contribution is 2.23. The van der Waals surface area contributed by atoms with Crippen LogP contribution in [0.1, 0.15) is 31.7 Å². The van der Waals surface area contributed by atoms with E-state index in [4.69, 9.17) is 9.47 Å². The van der Waals surface area contributed by atoms with Crippen molar-refractivity contribution in [2.75, 3.05) is 27.8 Å². The summed E-state index contributed by atoms with van der Waals surface area (Å²) >= 11 is 0. The molecule has 0 N–H and O–H groups in total. The lowest BCUT2D eigenvalue weighted by Gasteiger charge is -2.16. The molecule has 0 spiro atoms. The van der Waals surface area contributed by atoms with Crippen molar-refractivity contribution in [2.45, 2.75) is 32.6 Å². The molecule has 0 saturated heterocycles. The molecule has 0 aliphatic carbocycles. The smallest absolute Gasteiger partial charge is 0.222 e. The first kappa shape index (κ1) is 16.3. The number of unbranched alkanes of at least 4 members (excludes halogenated alkanes) is 1. The van der Waals surface area contributed by atoms with E-state index < -0.39 is 0 Å². The molecule has 0 aliphatic rings. The Hall–Kier alpha value is -1.71. The van der Waals surface area contributed by atoms with E-state index in [1.807, 2.05) is 25.2 Å². The standard InChI is InChI=1S/C16H25NO3/c1-5-6-9-17(2)16(18)8-7-13-10-14(19-3)12-15(11-13)20-4/h10-12H,5-9H2,1-4H3. The van der Waals surface area contributed by atoms with E-state index in [1.165, 1.54) is 0 Å². The highest BCUT2D eigenvalue weighted by atomic mass is 16.5. The highest BCUT2D eigenvalue weighted by Gasteiger charge is 2.09. The van der Waals surface area contributed by atoms with Gasteiger partial charge in [-0.15, -0.1) is 0 Å². The van der Waals surface area contributed by atoms with Gasteiger partial charge in [0.05, 0.1) is 14.2 Å². The molecule has 1 aromatic rings. The molecule has 0 saturated carbocycles. The minimum atomic E-state index is 0.181. The molecule has 1 rings (SSSR count). The van der Waals surface area contributed by atoms with Crippen LogP contribution >= 0.6 is 0 Å². The van der Waals surface area contributed by atoms with Crippen molar-refractivity contribution < 1.29 is 14.3 Å². The second-order valence-corrected chi connectivity index (χ2v) is 4.89. The van der Waals surface area contributed by atoms with Gasteiger partial charge in [0, 0.05) is 26.1 Å². The minimum Gasteiger partial charge on any atom is -0.497 e. The third kappa shape index (κ3) is 5.11. The van der Waals surface area contributed by atoms with E-state index in [1.54, 1.807) is 19.1 Å². The average molecular weight is 279 g/mol. The summed E-state index contributed by atoms with van der Waals surface area (Å²) in [5.41, 5.74) is 1.05. The molecule has 0 heterocycles. The average Bonchev–Trinajstić information content (AvgIpc) is 2.49. The highest BCUT2D eigenvalue weighted by molar-refractivity contribution is 5.76. The fraction of sp³-hybridized carbons (Fsp3) is 0.562. The maximum Gasteiger partial charge on any atom is 0.222 e. The van der Waals surface area contributed by atoms with Crippen LogP contribution < -0.4 is 9.47 Å². The summed E-state index contributed by atoms with van der Waals surface area (Å²) in [6.07, 6.45) is 3.36. The summed E-state index contributed by atoms with van der Waals surface area (Å²) in [7, 11) is 5.12. The summed E-state index contributed by atoms with van der Waals surface area (Å²) in [5.74, 6) is 1.69. The number of benzene rings is 1. The Balaban J connectivity index is 2.58. The lowest BCUT2D eigenvalue weighted by molar-refractivity contribution is -0.129. The summed E-state index contributed by atoms with van der Waals surface area (Å²) in [6, 6.07) is 5.72. The van der Waals surface area contributed by atoms with Crippen molar-refractivity contribution in [3.05, 3.63) is 23.8 Å². The molecule has 0 fully saturated rings. The maximum absolute atomic E-state index is 12.0. The van der Waals surface area contributed by atoms with Gasteiger partial charge in [0.15, 0.2) is 0 Å². The van der Waals surface area contributed by atoms with Crippen molar-refractivity contribution >= 4 is 5.91 Å². The van der Waals surface area contributed by atoms with Crippen molar-refractivity contribution in [1.29, 1.82) is 0 Å². The second-order valence-electron chi connectivity index (χ2n) is 4.89. The summed E-state index contributed by atoms with van der Waals surface area (Å²) in [5, 5.41) is 0. The Kier molecular flexibility index (Phi) is 6.91. The molecular weight excluding hydrogens is 254 g/mol. The van der Waals surface area contributed by atoms with Crippen LogP contribution in [-0.2, 0) is 11.2 Å². The summed E-state index contributed by atoms with van der Waals surface area (Å²) < 4.78 is 10.5. The van der Waals surface area contributed by atoms with Crippen LogP contribution in [0, 0.1) is 0 Å². The number of hydrogen-bond acceptors (Lipinski definition) is 3. The Labute approximate surface area is 121 Å². The van der Waals surface area contributed by atoms with Gasteiger partial charge in [-0.3, -0.25) is 4.79 Å². The number of ether oxygens (including phenoxy) is 2. The number of rotatable bonds is 8. The van der Waals surface area contributed by atoms with Crippen molar-refractivity contribution in [2.24, 2.45) is 0 Å². The third-order valence-electron chi connectivity index (χ3n) is 3.31. The molecule has 4 heteroatoms. The predicted octanol–water partition coefficient (Wildman–Crippen LogP) is 2.89. The van der Waals surface area contributed by atoms with Crippen molar-refractivity contribution in [3.63, 3.8) is 0 Å². The first-order chi connectivity index (χ1) is 9.60. The number of aryl methyl sites for hydroxylation is 1. The quantitative estimate of drug-likeness (QED) is 0.734. The van der Waals surface area contributed by atoms with Gasteiger partial charge in [0.1, 0.15) is 11.5 Å². The molecule has 112 valence electrons. The zero-order valence-electron chi connectivity index (χ0n) is 12.9. The van der Waals surface area contributed by atoms with Crippen LogP contribution in [0.15, 0.2) is 18.2 Å². The molecule has 1 aromatic carbocycles. The zero-order valence-corrected chi connectivity index (χ0v) is 12.9. The van der Waals surface area contributed by atoms with E-state index >= 15 is 0 Å². The number of hydrogen-bond donors (Lipinski definition) is 0. The fourth-order valence-electron chi connectivity index (χ4n) is 1.97. The van der Waals surface area contributed by atoms with Crippen LogP contribution in [0.4, 0.5) is 0 Å². The van der Waals surface area contributed by atoms with Gasteiger partial charge >= 0.3 is 0 Å². The molecule has 0 aromatic heterocycles. The molecule has 0 radical (unpaired) electrons.